The number of benzene rings is 2. The van der Waals surface area contributed by atoms with E-state index in [0.29, 0.717) is 0 Å². The second kappa shape index (κ2) is 9.12. The monoisotopic (exact) mass is 395 g/mol. The van der Waals surface area contributed by atoms with Crippen molar-refractivity contribution in [3.8, 4) is 0 Å². The SMILES string of the molecule is Cc1cc(C)c(NC(=O)CNC(=O)NC(C)c2ccc(C(C)(C)C)cc2)c(C)c1. The van der Waals surface area contributed by atoms with Crippen molar-refractivity contribution in [2.45, 2.75) is 59.9 Å². The molecule has 2 aromatic rings. The van der Waals surface area contributed by atoms with Crippen molar-refractivity contribution in [1.29, 1.82) is 0 Å². The van der Waals surface area contributed by atoms with Gasteiger partial charge >= 0.3 is 6.03 Å². The summed E-state index contributed by atoms with van der Waals surface area (Å²) >= 11 is 0. The lowest BCUT2D eigenvalue weighted by molar-refractivity contribution is -0.115. The van der Waals surface area contributed by atoms with Gasteiger partial charge in [0.25, 0.3) is 0 Å². The van der Waals surface area contributed by atoms with Crippen LogP contribution < -0.4 is 16.0 Å². The average Bonchev–Trinajstić information content (AvgIpc) is 2.62. The molecule has 0 saturated carbocycles. The van der Waals surface area contributed by atoms with E-state index in [1.807, 2.05) is 52.0 Å². The van der Waals surface area contributed by atoms with Crippen molar-refractivity contribution < 1.29 is 9.59 Å². The van der Waals surface area contributed by atoms with Crippen molar-refractivity contribution in [2.24, 2.45) is 0 Å². The molecule has 0 aromatic heterocycles. The fraction of sp³-hybridized carbons (Fsp3) is 0.417. The molecule has 2 aromatic carbocycles. The van der Waals surface area contributed by atoms with Crippen molar-refractivity contribution in [3.63, 3.8) is 0 Å². The molecule has 3 amide bonds. The third-order valence-electron chi connectivity index (χ3n) is 4.98. The summed E-state index contributed by atoms with van der Waals surface area (Å²) < 4.78 is 0. The lowest BCUT2D eigenvalue weighted by Crippen LogP contribution is -2.41. The molecule has 0 spiro atoms. The van der Waals surface area contributed by atoms with E-state index in [2.05, 4.69) is 48.9 Å². The summed E-state index contributed by atoms with van der Waals surface area (Å²) in [4.78, 5) is 24.4. The first-order chi connectivity index (χ1) is 13.5. The minimum absolute atomic E-state index is 0.0890. The first-order valence-corrected chi connectivity index (χ1v) is 10.00. The van der Waals surface area contributed by atoms with Crippen LogP contribution in [0.25, 0.3) is 0 Å². The molecular formula is C24H33N3O2. The molecule has 29 heavy (non-hydrogen) atoms. The van der Waals surface area contributed by atoms with Crippen molar-refractivity contribution in [3.05, 3.63) is 64.2 Å². The zero-order valence-electron chi connectivity index (χ0n) is 18.6. The molecule has 3 N–H and O–H groups in total. The van der Waals surface area contributed by atoms with Gasteiger partial charge in [0.1, 0.15) is 0 Å². The number of rotatable bonds is 5. The smallest absolute Gasteiger partial charge is 0.315 e. The highest BCUT2D eigenvalue weighted by molar-refractivity contribution is 5.95. The summed E-state index contributed by atoms with van der Waals surface area (Å²) in [5, 5.41) is 8.39. The van der Waals surface area contributed by atoms with E-state index in [1.165, 1.54) is 5.56 Å². The van der Waals surface area contributed by atoms with Gasteiger partial charge < -0.3 is 16.0 Å². The number of hydrogen-bond acceptors (Lipinski definition) is 2. The molecule has 0 aliphatic carbocycles. The summed E-state index contributed by atoms with van der Waals surface area (Å²) in [5.74, 6) is -0.252. The fourth-order valence-electron chi connectivity index (χ4n) is 3.32. The standard InChI is InChI=1S/C24H33N3O2/c1-15-12-16(2)22(17(3)13-15)27-21(28)14-25-23(29)26-18(4)19-8-10-20(11-9-19)24(5,6)7/h8-13,18H,14H2,1-7H3,(H,27,28)(H2,25,26,29). The van der Waals surface area contributed by atoms with Gasteiger partial charge in [0.15, 0.2) is 0 Å². The zero-order valence-corrected chi connectivity index (χ0v) is 18.6. The third kappa shape index (κ3) is 6.34. The molecule has 0 heterocycles. The van der Waals surface area contributed by atoms with E-state index in [1.54, 1.807) is 0 Å². The predicted molar refractivity (Wildman–Crippen MR) is 119 cm³/mol. The predicted octanol–water partition coefficient (Wildman–Crippen LogP) is 4.91. The lowest BCUT2D eigenvalue weighted by Gasteiger charge is -2.21. The molecular weight excluding hydrogens is 362 g/mol. The van der Waals surface area contributed by atoms with Crippen LogP contribution in [0.5, 0.6) is 0 Å². The molecule has 5 heteroatoms. The van der Waals surface area contributed by atoms with Crippen LogP contribution in [0.2, 0.25) is 0 Å². The maximum Gasteiger partial charge on any atom is 0.315 e. The van der Waals surface area contributed by atoms with Crippen LogP contribution in [0.3, 0.4) is 0 Å². The van der Waals surface area contributed by atoms with Crippen LogP contribution in [0, 0.1) is 20.8 Å². The molecule has 0 saturated heterocycles. The molecule has 0 radical (unpaired) electrons. The molecule has 1 unspecified atom stereocenters. The Labute approximate surface area is 174 Å². The van der Waals surface area contributed by atoms with Crippen LogP contribution >= 0.6 is 0 Å². The van der Waals surface area contributed by atoms with Gasteiger partial charge in [-0.25, -0.2) is 4.79 Å². The van der Waals surface area contributed by atoms with Gasteiger partial charge in [-0.2, -0.15) is 0 Å². The Morgan fingerprint density at radius 3 is 2.03 bits per heavy atom. The summed E-state index contributed by atoms with van der Waals surface area (Å²) in [7, 11) is 0. The minimum atomic E-state index is -0.370. The van der Waals surface area contributed by atoms with Crippen LogP contribution in [-0.2, 0) is 10.2 Å². The summed E-state index contributed by atoms with van der Waals surface area (Å²) in [5.41, 5.74) is 6.32. The summed E-state index contributed by atoms with van der Waals surface area (Å²) in [6.07, 6.45) is 0. The lowest BCUT2D eigenvalue weighted by atomic mass is 9.86. The van der Waals surface area contributed by atoms with E-state index >= 15 is 0 Å². The van der Waals surface area contributed by atoms with Gasteiger partial charge in [-0.1, -0.05) is 62.7 Å². The maximum atomic E-state index is 12.2. The van der Waals surface area contributed by atoms with Gasteiger partial charge in [-0.05, 0) is 55.4 Å². The second-order valence-electron chi connectivity index (χ2n) is 8.74. The van der Waals surface area contributed by atoms with Crippen molar-refractivity contribution in [2.75, 3.05) is 11.9 Å². The molecule has 156 valence electrons. The Morgan fingerprint density at radius 2 is 1.52 bits per heavy atom. The molecule has 0 fully saturated rings. The Kier molecular flexibility index (Phi) is 7.07. The van der Waals surface area contributed by atoms with Gasteiger partial charge in [0.05, 0.1) is 12.6 Å². The quantitative estimate of drug-likeness (QED) is 0.673. The van der Waals surface area contributed by atoms with Crippen LogP contribution in [0.15, 0.2) is 36.4 Å². The first-order valence-electron chi connectivity index (χ1n) is 10.00. The highest BCUT2D eigenvalue weighted by Gasteiger charge is 2.15. The van der Waals surface area contributed by atoms with Crippen LogP contribution in [0.1, 0.15) is 61.6 Å². The Hall–Kier alpha value is -2.82. The van der Waals surface area contributed by atoms with E-state index in [-0.39, 0.29) is 29.9 Å². The molecule has 0 bridgehead atoms. The highest BCUT2D eigenvalue weighted by Crippen LogP contribution is 2.24. The number of aryl methyl sites for hydroxylation is 3. The van der Waals surface area contributed by atoms with E-state index < -0.39 is 0 Å². The van der Waals surface area contributed by atoms with Crippen molar-refractivity contribution in [1.82, 2.24) is 10.6 Å². The number of nitrogens with one attached hydrogen (secondary N) is 3. The summed E-state index contributed by atoms with van der Waals surface area (Å²) in [6, 6.07) is 11.8. The van der Waals surface area contributed by atoms with E-state index in [0.717, 1.165) is 27.9 Å². The van der Waals surface area contributed by atoms with E-state index in [9.17, 15) is 9.59 Å². The maximum absolute atomic E-state index is 12.2. The number of carbonyl (C=O) groups is 2. The van der Waals surface area contributed by atoms with Gasteiger partial charge in [-0.15, -0.1) is 0 Å². The normalized spacial score (nSPS) is 12.2. The fourth-order valence-corrected chi connectivity index (χ4v) is 3.32. The highest BCUT2D eigenvalue weighted by atomic mass is 16.2. The Morgan fingerprint density at radius 1 is 0.966 bits per heavy atom. The number of amides is 3. The molecule has 2 rings (SSSR count). The largest absolute Gasteiger partial charge is 0.332 e. The van der Waals surface area contributed by atoms with Gasteiger partial charge in [0, 0.05) is 5.69 Å². The van der Waals surface area contributed by atoms with Crippen LogP contribution in [-0.4, -0.2) is 18.5 Å². The number of anilines is 1. The summed E-state index contributed by atoms with van der Waals surface area (Å²) in [6.45, 7) is 14.3. The average molecular weight is 396 g/mol. The van der Waals surface area contributed by atoms with Crippen LogP contribution in [0.4, 0.5) is 10.5 Å². The minimum Gasteiger partial charge on any atom is -0.332 e. The molecule has 0 aliphatic heterocycles. The number of hydrogen-bond donors (Lipinski definition) is 3. The third-order valence-corrected chi connectivity index (χ3v) is 4.98. The first kappa shape index (κ1) is 22.5. The number of urea groups is 1. The Bertz CT molecular complexity index is 857. The second-order valence-corrected chi connectivity index (χ2v) is 8.74. The van der Waals surface area contributed by atoms with Gasteiger partial charge in [0.2, 0.25) is 5.91 Å². The number of carbonyl (C=O) groups excluding carboxylic acids is 2. The molecule has 0 aliphatic rings. The molecule has 1 atom stereocenters. The van der Waals surface area contributed by atoms with Crippen molar-refractivity contribution >= 4 is 17.6 Å². The van der Waals surface area contributed by atoms with E-state index in [4.69, 9.17) is 0 Å². The topological polar surface area (TPSA) is 70.2 Å². The molecule has 5 nitrogen and oxygen atoms in total. The zero-order chi connectivity index (χ0) is 21.8. The van der Waals surface area contributed by atoms with Gasteiger partial charge in [-0.3, -0.25) is 4.79 Å². The Balaban J connectivity index is 1.87.